The van der Waals surface area contributed by atoms with Gasteiger partial charge in [0.25, 0.3) is 5.91 Å². The first kappa shape index (κ1) is 26.2. The molecule has 35 heavy (non-hydrogen) atoms. The third-order valence-corrected chi connectivity index (χ3v) is 5.46. The molecule has 0 fully saturated rings. The van der Waals surface area contributed by atoms with Gasteiger partial charge in [-0.15, -0.1) is 0 Å². The van der Waals surface area contributed by atoms with Gasteiger partial charge in [-0.25, -0.2) is 4.39 Å². The summed E-state index contributed by atoms with van der Waals surface area (Å²) in [5.41, 5.74) is 1.27. The molecule has 0 radical (unpaired) electrons. The molecule has 0 aromatic heterocycles. The minimum atomic E-state index is -0.781. The smallest absolute Gasteiger partial charge is 0.261 e. The van der Waals surface area contributed by atoms with Gasteiger partial charge in [-0.05, 0) is 68.3 Å². The Morgan fingerprint density at radius 3 is 2.17 bits per heavy atom. The highest BCUT2D eigenvalue weighted by atomic mass is 35.5. The van der Waals surface area contributed by atoms with Crippen molar-refractivity contribution >= 4 is 23.4 Å². The maximum absolute atomic E-state index is 13.5. The molecule has 7 heteroatoms. The highest BCUT2D eigenvalue weighted by Crippen LogP contribution is 2.18. The molecule has 0 saturated heterocycles. The molecule has 0 unspecified atom stereocenters. The Labute approximate surface area is 210 Å². The predicted octanol–water partition coefficient (Wildman–Crippen LogP) is 5.41. The average molecular weight is 497 g/mol. The Hall–Kier alpha value is -3.38. The van der Waals surface area contributed by atoms with Crippen LogP contribution in [0, 0.1) is 5.82 Å². The molecule has 0 spiro atoms. The van der Waals surface area contributed by atoms with Gasteiger partial charge in [-0.1, -0.05) is 54.1 Å². The number of halogens is 2. The Bertz CT molecular complexity index is 1110. The van der Waals surface area contributed by atoms with E-state index in [2.05, 4.69) is 5.32 Å². The molecule has 1 N–H and O–H groups in total. The van der Waals surface area contributed by atoms with Crippen molar-refractivity contribution in [3.8, 4) is 5.75 Å². The summed E-state index contributed by atoms with van der Waals surface area (Å²) in [7, 11) is 0. The number of nitrogens with one attached hydrogen (secondary N) is 1. The van der Waals surface area contributed by atoms with E-state index >= 15 is 0 Å². The molecule has 0 aliphatic heterocycles. The standard InChI is InChI=1S/C28H30ClFN2O3/c1-28(2,3)31-27(34)25(17-20-7-5-4-6-8-20)32(18-21-9-11-22(29)12-10-21)26(33)19-35-24-15-13-23(30)14-16-24/h4-16,25H,17-19H2,1-3H3,(H,31,34)/t25-/m0/s1. The number of nitrogens with zero attached hydrogens (tertiary/aromatic N) is 1. The fraction of sp³-hybridized carbons (Fsp3) is 0.286. The van der Waals surface area contributed by atoms with E-state index in [1.807, 2.05) is 63.2 Å². The van der Waals surface area contributed by atoms with Gasteiger partial charge < -0.3 is 15.0 Å². The molecule has 0 aliphatic carbocycles. The second kappa shape index (κ2) is 11.8. The van der Waals surface area contributed by atoms with Crippen LogP contribution in [0.4, 0.5) is 4.39 Å². The minimum absolute atomic E-state index is 0.192. The lowest BCUT2D eigenvalue weighted by molar-refractivity contribution is -0.143. The van der Waals surface area contributed by atoms with Crippen LogP contribution < -0.4 is 10.1 Å². The number of ether oxygens (including phenoxy) is 1. The van der Waals surface area contributed by atoms with Crippen LogP contribution in [-0.2, 0) is 22.6 Å². The molecule has 3 rings (SSSR count). The van der Waals surface area contributed by atoms with E-state index in [9.17, 15) is 14.0 Å². The third-order valence-electron chi connectivity index (χ3n) is 5.21. The van der Waals surface area contributed by atoms with E-state index in [1.165, 1.54) is 29.2 Å². The molecule has 3 aromatic rings. The van der Waals surface area contributed by atoms with Crippen LogP contribution in [0.3, 0.4) is 0 Å². The normalized spacial score (nSPS) is 12.0. The van der Waals surface area contributed by atoms with Gasteiger partial charge in [-0.3, -0.25) is 9.59 Å². The molecule has 1 atom stereocenters. The number of rotatable bonds is 9. The summed E-state index contributed by atoms with van der Waals surface area (Å²) in [5, 5.41) is 3.59. The first-order chi connectivity index (χ1) is 16.6. The van der Waals surface area contributed by atoms with Crippen LogP contribution in [0.2, 0.25) is 5.02 Å². The molecule has 0 heterocycles. The van der Waals surface area contributed by atoms with Crippen molar-refractivity contribution in [2.24, 2.45) is 0 Å². The van der Waals surface area contributed by atoms with Crippen molar-refractivity contribution in [1.29, 1.82) is 0 Å². The van der Waals surface area contributed by atoms with Crippen molar-refractivity contribution in [1.82, 2.24) is 10.2 Å². The third kappa shape index (κ3) is 8.41. The molecule has 3 aromatic carbocycles. The largest absolute Gasteiger partial charge is 0.484 e. The number of amides is 2. The number of hydrogen-bond acceptors (Lipinski definition) is 3. The molecule has 5 nitrogen and oxygen atoms in total. The van der Waals surface area contributed by atoms with Gasteiger partial charge in [0.05, 0.1) is 0 Å². The van der Waals surface area contributed by atoms with Crippen molar-refractivity contribution < 1.29 is 18.7 Å². The topological polar surface area (TPSA) is 58.6 Å². The lowest BCUT2D eigenvalue weighted by Crippen LogP contribution is -2.55. The average Bonchev–Trinajstić information content (AvgIpc) is 2.81. The van der Waals surface area contributed by atoms with Crippen molar-refractivity contribution in [2.75, 3.05) is 6.61 Å². The first-order valence-electron chi connectivity index (χ1n) is 11.4. The van der Waals surface area contributed by atoms with Gasteiger partial charge in [-0.2, -0.15) is 0 Å². The Kier molecular flexibility index (Phi) is 8.88. The summed E-state index contributed by atoms with van der Waals surface area (Å²) >= 11 is 6.04. The van der Waals surface area contributed by atoms with Crippen LogP contribution in [-0.4, -0.2) is 34.9 Å². The summed E-state index contributed by atoms with van der Waals surface area (Å²) in [6.07, 6.45) is 0.332. The Balaban J connectivity index is 1.91. The van der Waals surface area contributed by atoms with Gasteiger partial charge >= 0.3 is 0 Å². The van der Waals surface area contributed by atoms with Crippen LogP contribution in [0.15, 0.2) is 78.9 Å². The SMILES string of the molecule is CC(C)(C)NC(=O)[C@H](Cc1ccccc1)N(Cc1ccc(Cl)cc1)C(=O)COc1ccc(F)cc1. The summed E-state index contributed by atoms with van der Waals surface area (Å²) in [4.78, 5) is 28.5. The van der Waals surface area contributed by atoms with Crippen molar-refractivity contribution in [3.63, 3.8) is 0 Å². The molecule has 0 bridgehead atoms. The van der Waals surface area contributed by atoms with Crippen molar-refractivity contribution in [2.45, 2.75) is 45.3 Å². The van der Waals surface area contributed by atoms with Gasteiger partial charge in [0, 0.05) is 23.5 Å². The van der Waals surface area contributed by atoms with E-state index in [4.69, 9.17) is 16.3 Å². The number of benzene rings is 3. The van der Waals surface area contributed by atoms with Gasteiger partial charge in [0.2, 0.25) is 5.91 Å². The highest BCUT2D eigenvalue weighted by molar-refractivity contribution is 6.30. The summed E-state index contributed by atoms with van der Waals surface area (Å²) in [5.74, 6) is -0.653. The van der Waals surface area contributed by atoms with E-state index in [-0.39, 0.29) is 25.0 Å². The van der Waals surface area contributed by atoms with Gasteiger partial charge in [0.1, 0.15) is 17.6 Å². The zero-order valence-corrected chi connectivity index (χ0v) is 20.9. The predicted molar refractivity (Wildman–Crippen MR) is 136 cm³/mol. The highest BCUT2D eigenvalue weighted by Gasteiger charge is 2.32. The van der Waals surface area contributed by atoms with Crippen LogP contribution in [0.1, 0.15) is 31.9 Å². The lowest BCUT2D eigenvalue weighted by atomic mass is 10.0. The second-order valence-corrected chi connectivity index (χ2v) is 9.77. The second-order valence-electron chi connectivity index (χ2n) is 9.34. The number of hydrogen-bond donors (Lipinski definition) is 1. The van der Waals surface area contributed by atoms with E-state index in [0.29, 0.717) is 17.2 Å². The van der Waals surface area contributed by atoms with Crippen LogP contribution in [0.25, 0.3) is 0 Å². The fourth-order valence-corrected chi connectivity index (χ4v) is 3.68. The molecule has 2 amide bonds. The first-order valence-corrected chi connectivity index (χ1v) is 11.8. The minimum Gasteiger partial charge on any atom is -0.484 e. The summed E-state index contributed by atoms with van der Waals surface area (Å²) in [6, 6.07) is 21.4. The molecular formula is C28H30ClFN2O3. The maximum atomic E-state index is 13.5. The van der Waals surface area contributed by atoms with Crippen molar-refractivity contribution in [3.05, 3.63) is 101 Å². The summed E-state index contributed by atoms with van der Waals surface area (Å²) in [6.45, 7) is 5.58. The molecular weight excluding hydrogens is 467 g/mol. The zero-order valence-electron chi connectivity index (χ0n) is 20.1. The number of carbonyl (C=O) groups is 2. The quantitative estimate of drug-likeness (QED) is 0.430. The molecule has 0 aliphatic rings. The van der Waals surface area contributed by atoms with E-state index in [1.54, 1.807) is 12.1 Å². The van der Waals surface area contributed by atoms with E-state index < -0.39 is 17.4 Å². The lowest BCUT2D eigenvalue weighted by Gasteiger charge is -2.33. The molecule has 0 saturated carbocycles. The number of carbonyl (C=O) groups excluding carboxylic acids is 2. The summed E-state index contributed by atoms with van der Waals surface area (Å²) < 4.78 is 18.9. The van der Waals surface area contributed by atoms with Gasteiger partial charge in [0.15, 0.2) is 6.61 Å². The molecule has 184 valence electrons. The van der Waals surface area contributed by atoms with Crippen LogP contribution in [0.5, 0.6) is 5.75 Å². The zero-order chi connectivity index (χ0) is 25.4. The monoisotopic (exact) mass is 496 g/mol. The van der Waals surface area contributed by atoms with E-state index in [0.717, 1.165) is 11.1 Å². The Morgan fingerprint density at radius 2 is 1.57 bits per heavy atom. The maximum Gasteiger partial charge on any atom is 0.261 e. The van der Waals surface area contributed by atoms with Crippen LogP contribution >= 0.6 is 11.6 Å². The Morgan fingerprint density at radius 1 is 0.943 bits per heavy atom. The fourth-order valence-electron chi connectivity index (χ4n) is 3.55.